The molecule has 316 valence electrons. The van der Waals surface area contributed by atoms with Crippen molar-refractivity contribution in [3.05, 3.63) is 48.0 Å². The Balaban J connectivity index is 2.22. The first-order valence-corrected chi connectivity index (χ1v) is 17.2. The first kappa shape index (κ1) is 47.0. The molecule has 0 bridgehead atoms. The molecule has 58 heavy (non-hydrogen) atoms. The van der Waals surface area contributed by atoms with Crippen LogP contribution in [0.4, 0.5) is 0 Å². The largest absolute Gasteiger partial charge is 0.508 e. The van der Waals surface area contributed by atoms with E-state index in [4.69, 9.17) is 22.3 Å². The van der Waals surface area contributed by atoms with E-state index >= 15 is 0 Å². The fourth-order valence-electron chi connectivity index (χ4n) is 4.95. The molecule has 0 saturated carbocycles. The molecule has 6 atom stereocenters. The van der Waals surface area contributed by atoms with Gasteiger partial charge in [0.1, 0.15) is 36.0 Å². The number of amides is 8. The van der Waals surface area contributed by atoms with Crippen molar-refractivity contribution in [2.75, 3.05) is 13.2 Å². The fraction of sp³-hybridized carbons (Fsp3) is 0.424. The molecule has 25 nitrogen and oxygen atoms in total. The molecule has 0 aliphatic heterocycles. The summed E-state index contributed by atoms with van der Waals surface area (Å²) in [6.45, 7) is -1.89. The number of hydrogen-bond donors (Lipinski definition) is 14. The molecule has 0 fully saturated rings. The standard InChI is InChI=1S/C33H45N11O14/c34-18(5-6-27(50)51)28(52)41-22(10-25(36)48)32(56)43-20(8-16-11-37-14-39-16)29(53)38-12-26(49)40-21(9-24(35)47)31(55)42-19(7-15-1-3-17(46)4-2-15)30(54)44-23(13-45)33(57)58/h1-4,11,14,18-23,45-46H,5-10,12-13,34H2,(H2,35,47)(H2,36,48)(H,37,39)(H,38,53)(H,40,49)(H,41,52)(H,42,55)(H,43,56)(H,44,54)(H,50,51)(H,57,58)/t18-,19-,20-,21-,22-,23-/m0/s1. The second kappa shape index (κ2) is 23.0. The maximum absolute atomic E-state index is 13.4. The molecule has 0 unspecified atom stereocenters. The Morgan fingerprint density at radius 1 is 0.690 bits per heavy atom. The van der Waals surface area contributed by atoms with Crippen LogP contribution in [0.1, 0.15) is 36.9 Å². The molecule has 0 spiro atoms. The number of aliphatic carboxylic acids is 2. The number of aliphatic hydroxyl groups is 1. The Kier molecular flexibility index (Phi) is 18.7. The number of primary amides is 2. The van der Waals surface area contributed by atoms with Crippen molar-refractivity contribution in [3.63, 3.8) is 0 Å². The van der Waals surface area contributed by atoms with E-state index in [0.717, 1.165) is 0 Å². The van der Waals surface area contributed by atoms with Crippen LogP contribution in [0.3, 0.4) is 0 Å². The van der Waals surface area contributed by atoms with Crippen molar-refractivity contribution in [1.82, 2.24) is 41.9 Å². The molecule has 8 amide bonds. The Morgan fingerprint density at radius 2 is 1.21 bits per heavy atom. The normalized spacial score (nSPS) is 13.8. The predicted molar refractivity (Wildman–Crippen MR) is 194 cm³/mol. The molecular weight excluding hydrogens is 774 g/mol. The Morgan fingerprint density at radius 3 is 1.71 bits per heavy atom. The number of nitrogens with one attached hydrogen (secondary N) is 7. The third kappa shape index (κ3) is 16.7. The number of imidazole rings is 1. The average Bonchev–Trinajstić information content (AvgIpc) is 3.67. The van der Waals surface area contributed by atoms with E-state index in [1.54, 1.807) is 0 Å². The fourth-order valence-corrected chi connectivity index (χ4v) is 4.95. The summed E-state index contributed by atoms with van der Waals surface area (Å²) in [5.41, 5.74) is 16.9. The zero-order valence-electron chi connectivity index (χ0n) is 30.6. The number of aromatic nitrogens is 2. The van der Waals surface area contributed by atoms with Crippen LogP contribution < -0.4 is 49.1 Å². The summed E-state index contributed by atoms with van der Waals surface area (Å²) in [7, 11) is 0. The number of rotatable bonds is 25. The number of carbonyl (C=O) groups excluding carboxylic acids is 8. The number of carboxylic acids is 2. The molecule has 1 aromatic heterocycles. The molecule has 2 aromatic rings. The number of hydrogen-bond acceptors (Lipinski definition) is 14. The third-order valence-corrected chi connectivity index (χ3v) is 7.94. The van der Waals surface area contributed by atoms with Crippen LogP contribution in [0.15, 0.2) is 36.8 Å². The van der Waals surface area contributed by atoms with Gasteiger partial charge in [-0.1, -0.05) is 12.1 Å². The number of phenolic OH excluding ortho intramolecular Hbond substituents is 1. The second-order valence-corrected chi connectivity index (χ2v) is 12.6. The first-order valence-electron chi connectivity index (χ1n) is 17.2. The lowest BCUT2D eigenvalue weighted by Gasteiger charge is -2.24. The van der Waals surface area contributed by atoms with E-state index in [1.165, 1.54) is 36.8 Å². The van der Waals surface area contributed by atoms with Gasteiger partial charge < -0.3 is 74.5 Å². The number of benzene rings is 1. The summed E-state index contributed by atoms with van der Waals surface area (Å²) in [6, 6.07) is -4.33. The lowest BCUT2D eigenvalue weighted by Crippen LogP contribution is -2.59. The minimum Gasteiger partial charge on any atom is -0.508 e. The van der Waals surface area contributed by atoms with Crippen LogP contribution in [-0.4, -0.2) is 139 Å². The Bertz CT molecular complexity index is 1810. The molecule has 1 heterocycles. The van der Waals surface area contributed by atoms with Crippen molar-refractivity contribution in [3.8, 4) is 5.75 Å². The van der Waals surface area contributed by atoms with Crippen LogP contribution >= 0.6 is 0 Å². The second-order valence-electron chi connectivity index (χ2n) is 12.6. The zero-order chi connectivity index (χ0) is 43.5. The van der Waals surface area contributed by atoms with E-state index < -0.39 is 128 Å². The highest BCUT2D eigenvalue weighted by Crippen LogP contribution is 2.12. The third-order valence-electron chi connectivity index (χ3n) is 7.94. The monoisotopic (exact) mass is 819 g/mol. The number of carbonyl (C=O) groups is 10. The Hall–Kier alpha value is -7.15. The molecule has 0 aliphatic rings. The van der Waals surface area contributed by atoms with Crippen LogP contribution in [0.5, 0.6) is 5.75 Å². The van der Waals surface area contributed by atoms with Crippen molar-refractivity contribution >= 4 is 59.2 Å². The van der Waals surface area contributed by atoms with Gasteiger partial charge >= 0.3 is 11.9 Å². The van der Waals surface area contributed by atoms with Gasteiger partial charge in [-0.3, -0.25) is 43.2 Å². The van der Waals surface area contributed by atoms with E-state index in [1.807, 2.05) is 0 Å². The number of nitrogens with two attached hydrogens (primary N) is 3. The van der Waals surface area contributed by atoms with Gasteiger partial charge in [0.25, 0.3) is 0 Å². The zero-order valence-corrected chi connectivity index (χ0v) is 30.6. The summed E-state index contributed by atoms with van der Waals surface area (Å²) in [5.74, 6) is -11.5. The number of carboxylic acid groups (broad SMARTS) is 2. The van der Waals surface area contributed by atoms with Crippen LogP contribution in [0, 0.1) is 0 Å². The van der Waals surface area contributed by atoms with E-state index in [2.05, 4.69) is 41.9 Å². The molecule has 0 saturated heterocycles. The highest BCUT2D eigenvalue weighted by Gasteiger charge is 2.32. The first-order chi connectivity index (χ1) is 27.3. The Labute approximate surface area is 328 Å². The van der Waals surface area contributed by atoms with Crippen LogP contribution in [-0.2, 0) is 60.8 Å². The van der Waals surface area contributed by atoms with Crippen molar-refractivity contribution in [2.45, 2.75) is 74.8 Å². The van der Waals surface area contributed by atoms with Gasteiger partial charge in [-0.05, 0) is 24.1 Å². The van der Waals surface area contributed by atoms with Crippen LogP contribution in [0.25, 0.3) is 0 Å². The molecule has 1 aromatic carbocycles. The summed E-state index contributed by atoms with van der Waals surface area (Å²) in [5, 5.41) is 50.4. The van der Waals surface area contributed by atoms with E-state index in [9.17, 15) is 63.3 Å². The topological polar surface area (TPSA) is 431 Å². The number of aromatic amines is 1. The lowest BCUT2D eigenvalue weighted by atomic mass is 10.0. The highest BCUT2D eigenvalue weighted by atomic mass is 16.4. The minimum absolute atomic E-state index is 0.126. The molecule has 2 rings (SSSR count). The lowest BCUT2D eigenvalue weighted by molar-refractivity contribution is -0.143. The molecule has 17 N–H and O–H groups in total. The summed E-state index contributed by atoms with van der Waals surface area (Å²) >= 11 is 0. The van der Waals surface area contributed by atoms with E-state index in [0.29, 0.717) is 11.3 Å². The SMILES string of the molecule is NC(=O)C[C@H](NC(=O)CNC(=O)[C@H](Cc1cnc[nH]1)NC(=O)[C@H](CC(N)=O)NC(=O)[C@@H](N)CCC(=O)O)C(=O)N[C@@H](Cc1ccc(O)cc1)C(=O)N[C@@H](CO)C(=O)O. The maximum Gasteiger partial charge on any atom is 0.328 e. The number of nitrogens with zero attached hydrogens (tertiary/aromatic N) is 1. The van der Waals surface area contributed by atoms with Gasteiger partial charge in [0.05, 0.1) is 38.4 Å². The summed E-state index contributed by atoms with van der Waals surface area (Å²) in [4.78, 5) is 131. The van der Waals surface area contributed by atoms with Crippen LogP contribution in [0.2, 0.25) is 0 Å². The van der Waals surface area contributed by atoms with Gasteiger partial charge in [0.15, 0.2) is 0 Å². The molecular formula is C33H45N11O14. The summed E-state index contributed by atoms with van der Waals surface area (Å²) < 4.78 is 0. The highest BCUT2D eigenvalue weighted by molar-refractivity contribution is 5.98. The van der Waals surface area contributed by atoms with Crippen molar-refractivity contribution in [1.29, 1.82) is 0 Å². The van der Waals surface area contributed by atoms with Gasteiger partial charge in [-0.25, -0.2) is 9.78 Å². The van der Waals surface area contributed by atoms with Gasteiger partial charge in [-0.15, -0.1) is 0 Å². The quantitative estimate of drug-likeness (QED) is 0.0443. The average molecular weight is 820 g/mol. The molecule has 25 heteroatoms. The van der Waals surface area contributed by atoms with Gasteiger partial charge in [0, 0.05) is 31.2 Å². The smallest absolute Gasteiger partial charge is 0.328 e. The number of aromatic hydroxyl groups is 1. The molecule has 0 aliphatic carbocycles. The summed E-state index contributed by atoms with van der Waals surface area (Å²) in [6.07, 6.45) is -0.391. The van der Waals surface area contributed by atoms with Crippen molar-refractivity contribution in [2.24, 2.45) is 17.2 Å². The number of aliphatic hydroxyl groups excluding tert-OH is 1. The van der Waals surface area contributed by atoms with Gasteiger partial charge in [-0.2, -0.15) is 0 Å². The predicted octanol–water partition coefficient (Wildman–Crippen LogP) is -6.54. The number of H-pyrrole nitrogens is 1. The maximum atomic E-state index is 13.4. The van der Waals surface area contributed by atoms with Gasteiger partial charge in [0.2, 0.25) is 47.3 Å². The minimum atomic E-state index is -1.76. The van der Waals surface area contributed by atoms with E-state index in [-0.39, 0.29) is 25.0 Å². The number of phenols is 1. The molecule has 0 radical (unpaired) electrons. The van der Waals surface area contributed by atoms with Crippen molar-refractivity contribution < 1.29 is 68.4 Å².